The Morgan fingerprint density at radius 3 is 2.57 bits per heavy atom. The zero-order valence-corrected chi connectivity index (χ0v) is 19.4. The molecule has 2 heterocycles. The molecule has 2 aromatic heterocycles. The maximum Gasteiger partial charge on any atom is 0.165 e. The maximum atomic E-state index is 13.8. The average molecular weight is 476 g/mol. The highest BCUT2D eigenvalue weighted by molar-refractivity contribution is 5.98. The fourth-order valence-electron chi connectivity index (χ4n) is 4.89. The lowest BCUT2D eigenvalue weighted by Gasteiger charge is -2.10. The van der Waals surface area contributed by atoms with Crippen molar-refractivity contribution in [2.45, 2.75) is 57.4 Å². The Bertz CT molecular complexity index is 1360. The molecular weight excluding hydrogens is 448 g/mol. The van der Waals surface area contributed by atoms with Crippen molar-refractivity contribution in [3.8, 4) is 11.3 Å². The van der Waals surface area contributed by atoms with Crippen molar-refractivity contribution in [2.75, 3.05) is 5.73 Å². The molecule has 5 rings (SSSR count). The van der Waals surface area contributed by atoms with E-state index in [1.54, 1.807) is 0 Å². The van der Waals surface area contributed by atoms with Crippen molar-refractivity contribution < 1.29 is 13.6 Å². The Hall–Kier alpha value is -3.68. The molecule has 1 saturated carbocycles. The van der Waals surface area contributed by atoms with Gasteiger partial charge in [0.2, 0.25) is 0 Å². The van der Waals surface area contributed by atoms with Crippen LogP contribution in [0.25, 0.3) is 22.3 Å². The molecule has 0 saturated heterocycles. The predicted molar refractivity (Wildman–Crippen MR) is 131 cm³/mol. The SMILES string of the molecule is Nc1ncnc2c1c(-c1ccc(CCCCC(=O)c3cc(F)ccc3F)cc1)nn2C1CCCC1. The second kappa shape index (κ2) is 9.90. The van der Waals surface area contributed by atoms with Gasteiger partial charge in [-0.15, -0.1) is 0 Å². The van der Waals surface area contributed by atoms with Gasteiger partial charge in [-0.2, -0.15) is 5.10 Å². The van der Waals surface area contributed by atoms with Crippen LogP contribution in [0.4, 0.5) is 14.6 Å². The number of halogens is 2. The van der Waals surface area contributed by atoms with Crippen molar-refractivity contribution in [1.82, 2.24) is 19.7 Å². The van der Waals surface area contributed by atoms with E-state index in [4.69, 9.17) is 10.8 Å². The number of nitrogens with zero attached hydrogens (tertiary/aromatic N) is 4. The molecule has 6 nitrogen and oxygen atoms in total. The van der Waals surface area contributed by atoms with Crippen LogP contribution in [0.2, 0.25) is 0 Å². The van der Waals surface area contributed by atoms with Gasteiger partial charge in [0, 0.05) is 12.0 Å². The van der Waals surface area contributed by atoms with E-state index >= 15 is 0 Å². The molecule has 0 unspecified atom stereocenters. The molecule has 0 atom stereocenters. The van der Waals surface area contributed by atoms with Gasteiger partial charge in [0.05, 0.1) is 17.0 Å². The number of benzene rings is 2. The number of carbonyl (C=O) groups is 1. The first-order valence-corrected chi connectivity index (χ1v) is 12.1. The number of aromatic nitrogens is 4. The normalized spacial score (nSPS) is 14.1. The summed E-state index contributed by atoms with van der Waals surface area (Å²) < 4.78 is 29.1. The van der Waals surface area contributed by atoms with E-state index < -0.39 is 11.6 Å². The topological polar surface area (TPSA) is 86.7 Å². The van der Waals surface area contributed by atoms with Gasteiger partial charge in [-0.3, -0.25) is 4.79 Å². The van der Waals surface area contributed by atoms with Crippen molar-refractivity contribution in [3.05, 3.63) is 71.6 Å². The number of hydrogen-bond donors (Lipinski definition) is 1. The fourth-order valence-corrected chi connectivity index (χ4v) is 4.89. The second-order valence-electron chi connectivity index (χ2n) is 9.14. The first-order valence-electron chi connectivity index (χ1n) is 12.1. The summed E-state index contributed by atoms with van der Waals surface area (Å²) in [6.45, 7) is 0. The summed E-state index contributed by atoms with van der Waals surface area (Å²) in [6.07, 6.45) is 8.39. The summed E-state index contributed by atoms with van der Waals surface area (Å²) in [5.74, 6) is -1.23. The van der Waals surface area contributed by atoms with Crippen LogP contribution in [0.3, 0.4) is 0 Å². The Morgan fingerprint density at radius 2 is 1.80 bits per heavy atom. The summed E-state index contributed by atoms with van der Waals surface area (Å²) in [6, 6.07) is 11.4. The average Bonchev–Trinajstić information content (AvgIpc) is 3.52. The van der Waals surface area contributed by atoms with E-state index in [-0.39, 0.29) is 17.8 Å². The van der Waals surface area contributed by atoms with E-state index in [1.165, 1.54) is 19.2 Å². The molecule has 1 aliphatic carbocycles. The number of nitrogen functional groups attached to an aromatic ring is 1. The maximum absolute atomic E-state index is 13.8. The molecule has 8 heteroatoms. The van der Waals surface area contributed by atoms with Gasteiger partial charge in [-0.05, 0) is 55.9 Å². The summed E-state index contributed by atoms with van der Waals surface area (Å²) in [5.41, 5.74) is 9.70. The standard InChI is InChI=1S/C27H27F2N5O/c28-19-13-14-22(29)21(15-19)23(35)8-4-1-5-17-9-11-18(12-10-17)25-24-26(30)31-16-32-27(24)34(33-25)20-6-2-3-7-20/h9-16,20H,1-8H2,(H2,30,31,32). The van der Waals surface area contributed by atoms with Gasteiger partial charge in [0.15, 0.2) is 11.4 Å². The number of aryl methyl sites for hydroxylation is 1. The van der Waals surface area contributed by atoms with E-state index in [2.05, 4.69) is 9.97 Å². The smallest absolute Gasteiger partial charge is 0.165 e. The third-order valence-electron chi connectivity index (χ3n) is 6.76. The van der Waals surface area contributed by atoms with Crippen LogP contribution in [-0.2, 0) is 6.42 Å². The molecule has 35 heavy (non-hydrogen) atoms. The van der Waals surface area contributed by atoms with E-state index in [0.29, 0.717) is 18.3 Å². The number of carbonyl (C=O) groups excluding carboxylic acids is 1. The zero-order valence-electron chi connectivity index (χ0n) is 19.4. The van der Waals surface area contributed by atoms with Gasteiger partial charge in [0.25, 0.3) is 0 Å². The quantitative estimate of drug-likeness (QED) is 0.247. The molecule has 1 aliphatic rings. The van der Waals surface area contributed by atoms with Crippen molar-refractivity contribution in [2.24, 2.45) is 0 Å². The van der Waals surface area contributed by atoms with Crippen LogP contribution in [0, 0.1) is 11.6 Å². The summed E-state index contributed by atoms with van der Waals surface area (Å²) >= 11 is 0. The fraction of sp³-hybridized carbons (Fsp3) is 0.333. The molecule has 0 bridgehead atoms. The summed E-state index contributed by atoms with van der Waals surface area (Å²) in [4.78, 5) is 20.9. The molecule has 0 aliphatic heterocycles. The van der Waals surface area contributed by atoms with Crippen molar-refractivity contribution in [1.29, 1.82) is 0 Å². The highest BCUT2D eigenvalue weighted by Crippen LogP contribution is 2.36. The Labute approximate surface area is 202 Å². The predicted octanol–water partition coefficient (Wildman–Crippen LogP) is 6.06. The van der Waals surface area contributed by atoms with Crippen molar-refractivity contribution in [3.63, 3.8) is 0 Å². The molecule has 1 fully saturated rings. The molecule has 0 amide bonds. The van der Waals surface area contributed by atoms with Crippen LogP contribution in [0.15, 0.2) is 48.8 Å². The monoisotopic (exact) mass is 475 g/mol. The van der Waals surface area contributed by atoms with E-state index in [9.17, 15) is 13.6 Å². The third-order valence-corrected chi connectivity index (χ3v) is 6.76. The number of fused-ring (bicyclic) bond motifs is 1. The molecule has 2 N–H and O–H groups in total. The first kappa shape index (κ1) is 23.1. The van der Waals surface area contributed by atoms with Crippen LogP contribution in [0.5, 0.6) is 0 Å². The lowest BCUT2D eigenvalue weighted by Crippen LogP contribution is -2.07. The summed E-state index contributed by atoms with van der Waals surface area (Å²) in [5, 5.41) is 5.70. The largest absolute Gasteiger partial charge is 0.383 e. The Kier molecular flexibility index (Phi) is 6.53. The number of ketones is 1. The van der Waals surface area contributed by atoms with Crippen LogP contribution in [-0.4, -0.2) is 25.5 Å². The molecule has 0 spiro atoms. The van der Waals surface area contributed by atoms with Gasteiger partial charge < -0.3 is 5.73 Å². The molecular formula is C27H27F2N5O. The minimum atomic E-state index is -0.680. The van der Waals surface area contributed by atoms with E-state index in [1.807, 2.05) is 28.9 Å². The number of hydrogen-bond acceptors (Lipinski definition) is 5. The zero-order chi connectivity index (χ0) is 24.4. The number of Topliss-reactive ketones (excluding diaryl/α,β-unsaturated/α-hetero) is 1. The third kappa shape index (κ3) is 4.78. The highest BCUT2D eigenvalue weighted by atomic mass is 19.1. The Balaban J connectivity index is 1.26. The van der Waals surface area contributed by atoms with Gasteiger partial charge in [-0.1, -0.05) is 37.1 Å². The molecule has 0 radical (unpaired) electrons. The summed E-state index contributed by atoms with van der Waals surface area (Å²) in [7, 11) is 0. The van der Waals surface area contributed by atoms with Crippen LogP contribution in [0.1, 0.15) is 66.9 Å². The van der Waals surface area contributed by atoms with Crippen molar-refractivity contribution >= 4 is 22.6 Å². The van der Waals surface area contributed by atoms with Gasteiger partial charge >= 0.3 is 0 Å². The lowest BCUT2D eigenvalue weighted by atomic mass is 10.0. The van der Waals surface area contributed by atoms with Gasteiger partial charge in [0.1, 0.15) is 29.5 Å². The minimum Gasteiger partial charge on any atom is -0.383 e. The number of unbranched alkanes of at least 4 members (excludes halogenated alkanes) is 1. The Morgan fingerprint density at radius 1 is 1.03 bits per heavy atom. The first-order chi connectivity index (χ1) is 17.0. The van der Waals surface area contributed by atoms with E-state index in [0.717, 1.165) is 71.7 Å². The molecule has 2 aromatic carbocycles. The second-order valence-corrected chi connectivity index (χ2v) is 9.14. The number of anilines is 1. The number of rotatable bonds is 8. The number of nitrogens with two attached hydrogens (primary N) is 1. The molecule has 180 valence electrons. The highest BCUT2D eigenvalue weighted by Gasteiger charge is 2.24. The van der Waals surface area contributed by atoms with Crippen LogP contribution < -0.4 is 5.73 Å². The molecule has 4 aromatic rings. The van der Waals surface area contributed by atoms with Gasteiger partial charge in [-0.25, -0.2) is 23.4 Å². The van der Waals surface area contributed by atoms with Crippen LogP contribution >= 0.6 is 0 Å². The minimum absolute atomic E-state index is 0.179. The lowest BCUT2D eigenvalue weighted by molar-refractivity contribution is 0.0975.